The van der Waals surface area contributed by atoms with Crippen molar-refractivity contribution in [3.8, 4) is 0 Å². The molecule has 2 rings (SSSR count). The molecule has 0 unspecified atom stereocenters. The maximum Gasteiger partial charge on any atom is 0.222 e. The summed E-state index contributed by atoms with van der Waals surface area (Å²) in [5.41, 5.74) is 2.53. The fourth-order valence-corrected chi connectivity index (χ4v) is 2.97. The van der Waals surface area contributed by atoms with E-state index < -0.39 is 0 Å². The van der Waals surface area contributed by atoms with Crippen LogP contribution in [-0.4, -0.2) is 48.4 Å². The Morgan fingerprint density at radius 2 is 1.90 bits per heavy atom. The minimum absolute atomic E-state index is 0.306. The average molecular weight is 288 g/mol. The van der Waals surface area contributed by atoms with Gasteiger partial charge in [0.15, 0.2) is 0 Å². The predicted molar refractivity (Wildman–Crippen MR) is 87.4 cm³/mol. The number of rotatable bonds is 5. The molecule has 1 aliphatic rings. The van der Waals surface area contributed by atoms with Crippen LogP contribution in [0.1, 0.15) is 31.4 Å². The standard InChI is InChI=1S/C18H28N2O/c1-15(2)14-19-9-11-20(12-10-19)18(21)8-7-17-6-4-5-16(3)13-17/h4-6,13,15H,7-12,14H2,1-3H3. The van der Waals surface area contributed by atoms with Crippen molar-refractivity contribution in [2.45, 2.75) is 33.6 Å². The summed E-state index contributed by atoms with van der Waals surface area (Å²) in [6.07, 6.45) is 1.49. The second kappa shape index (κ2) is 7.60. The summed E-state index contributed by atoms with van der Waals surface area (Å²) in [6, 6.07) is 8.45. The molecule has 1 amide bonds. The van der Waals surface area contributed by atoms with Crippen LogP contribution in [0.25, 0.3) is 0 Å². The van der Waals surface area contributed by atoms with Gasteiger partial charge in [-0.1, -0.05) is 43.7 Å². The zero-order valence-corrected chi connectivity index (χ0v) is 13.6. The predicted octanol–water partition coefficient (Wildman–Crippen LogP) is 2.73. The van der Waals surface area contributed by atoms with E-state index in [9.17, 15) is 4.79 Å². The van der Waals surface area contributed by atoms with Crippen LogP contribution in [0, 0.1) is 12.8 Å². The Bertz CT molecular complexity index is 462. The van der Waals surface area contributed by atoms with Crippen LogP contribution in [0.15, 0.2) is 24.3 Å². The van der Waals surface area contributed by atoms with Crippen molar-refractivity contribution in [1.29, 1.82) is 0 Å². The second-order valence-electron chi connectivity index (χ2n) is 6.56. The highest BCUT2D eigenvalue weighted by Gasteiger charge is 2.20. The number of benzene rings is 1. The molecule has 0 atom stereocenters. The molecule has 3 heteroatoms. The van der Waals surface area contributed by atoms with Gasteiger partial charge in [0.1, 0.15) is 0 Å². The van der Waals surface area contributed by atoms with Crippen molar-refractivity contribution >= 4 is 5.91 Å². The van der Waals surface area contributed by atoms with Crippen molar-refractivity contribution in [1.82, 2.24) is 9.80 Å². The molecule has 3 nitrogen and oxygen atoms in total. The SMILES string of the molecule is Cc1cccc(CCC(=O)N2CCN(CC(C)C)CC2)c1. The highest BCUT2D eigenvalue weighted by molar-refractivity contribution is 5.76. The molecule has 1 heterocycles. The van der Waals surface area contributed by atoms with Gasteiger partial charge in [-0.3, -0.25) is 9.69 Å². The van der Waals surface area contributed by atoms with E-state index in [1.807, 2.05) is 4.90 Å². The number of aryl methyl sites for hydroxylation is 2. The number of carbonyl (C=O) groups excluding carboxylic acids is 1. The zero-order valence-electron chi connectivity index (χ0n) is 13.6. The third-order valence-corrected chi connectivity index (χ3v) is 4.06. The molecule has 1 fully saturated rings. The van der Waals surface area contributed by atoms with Gasteiger partial charge in [-0.25, -0.2) is 0 Å². The van der Waals surface area contributed by atoms with E-state index in [1.165, 1.54) is 11.1 Å². The number of hydrogen-bond donors (Lipinski definition) is 0. The van der Waals surface area contributed by atoms with Gasteiger partial charge in [0.2, 0.25) is 5.91 Å². The van der Waals surface area contributed by atoms with E-state index in [0.717, 1.165) is 39.1 Å². The first-order chi connectivity index (χ1) is 10.0. The lowest BCUT2D eigenvalue weighted by molar-refractivity contribution is -0.132. The smallest absolute Gasteiger partial charge is 0.222 e. The lowest BCUT2D eigenvalue weighted by Crippen LogP contribution is -2.49. The van der Waals surface area contributed by atoms with Crippen LogP contribution in [0.3, 0.4) is 0 Å². The van der Waals surface area contributed by atoms with E-state index in [2.05, 4.69) is 49.9 Å². The topological polar surface area (TPSA) is 23.6 Å². The highest BCUT2D eigenvalue weighted by Crippen LogP contribution is 2.10. The maximum atomic E-state index is 12.3. The number of carbonyl (C=O) groups is 1. The molecule has 1 aliphatic heterocycles. The lowest BCUT2D eigenvalue weighted by Gasteiger charge is -2.35. The third kappa shape index (κ3) is 5.16. The normalized spacial score (nSPS) is 16.5. The van der Waals surface area contributed by atoms with Crippen molar-refractivity contribution in [3.63, 3.8) is 0 Å². The molecule has 21 heavy (non-hydrogen) atoms. The molecule has 1 saturated heterocycles. The fraction of sp³-hybridized carbons (Fsp3) is 0.611. The first-order valence-corrected chi connectivity index (χ1v) is 8.10. The van der Waals surface area contributed by atoms with Crippen molar-refractivity contribution < 1.29 is 4.79 Å². The van der Waals surface area contributed by atoms with Crippen LogP contribution < -0.4 is 0 Å². The molecular weight excluding hydrogens is 260 g/mol. The molecule has 0 saturated carbocycles. The Morgan fingerprint density at radius 1 is 1.19 bits per heavy atom. The molecule has 0 radical (unpaired) electrons. The van der Waals surface area contributed by atoms with Crippen LogP contribution in [0.5, 0.6) is 0 Å². The molecule has 0 spiro atoms. The summed E-state index contributed by atoms with van der Waals surface area (Å²) < 4.78 is 0. The molecule has 1 aromatic carbocycles. The Labute approximate surface area is 128 Å². The number of amides is 1. The Hall–Kier alpha value is -1.35. The minimum atomic E-state index is 0.306. The quantitative estimate of drug-likeness (QED) is 0.832. The number of piperazine rings is 1. The molecule has 0 bridgehead atoms. The Balaban J connectivity index is 1.75. The summed E-state index contributed by atoms with van der Waals surface area (Å²) in [6.45, 7) is 11.6. The summed E-state index contributed by atoms with van der Waals surface area (Å²) in [7, 11) is 0. The highest BCUT2D eigenvalue weighted by atomic mass is 16.2. The van der Waals surface area contributed by atoms with E-state index in [-0.39, 0.29) is 0 Å². The minimum Gasteiger partial charge on any atom is -0.340 e. The van der Waals surface area contributed by atoms with Crippen molar-refractivity contribution in [3.05, 3.63) is 35.4 Å². The number of nitrogens with zero attached hydrogens (tertiary/aromatic N) is 2. The van der Waals surface area contributed by atoms with E-state index >= 15 is 0 Å². The monoisotopic (exact) mass is 288 g/mol. The van der Waals surface area contributed by atoms with Crippen molar-refractivity contribution in [2.75, 3.05) is 32.7 Å². The zero-order chi connectivity index (χ0) is 15.2. The van der Waals surface area contributed by atoms with E-state index in [0.29, 0.717) is 18.2 Å². The van der Waals surface area contributed by atoms with Crippen LogP contribution in [-0.2, 0) is 11.2 Å². The van der Waals surface area contributed by atoms with Gasteiger partial charge in [0.25, 0.3) is 0 Å². The van der Waals surface area contributed by atoms with Gasteiger partial charge in [0.05, 0.1) is 0 Å². The van der Waals surface area contributed by atoms with Gasteiger partial charge in [-0.05, 0) is 24.8 Å². The largest absolute Gasteiger partial charge is 0.340 e. The third-order valence-electron chi connectivity index (χ3n) is 4.06. The van der Waals surface area contributed by atoms with Gasteiger partial charge in [-0.2, -0.15) is 0 Å². The van der Waals surface area contributed by atoms with E-state index in [1.54, 1.807) is 0 Å². The summed E-state index contributed by atoms with van der Waals surface area (Å²) in [5.74, 6) is 1.01. The lowest BCUT2D eigenvalue weighted by atomic mass is 10.1. The van der Waals surface area contributed by atoms with Gasteiger partial charge in [-0.15, -0.1) is 0 Å². The molecule has 0 N–H and O–H groups in total. The molecular formula is C18H28N2O. The first kappa shape index (κ1) is 16.0. The summed E-state index contributed by atoms with van der Waals surface area (Å²) in [5, 5.41) is 0. The Kier molecular flexibility index (Phi) is 5.80. The molecule has 1 aromatic rings. The Morgan fingerprint density at radius 3 is 2.52 bits per heavy atom. The van der Waals surface area contributed by atoms with Gasteiger partial charge in [0, 0.05) is 39.1 Å². The number of hydrogen-bond acceptors (Lipinski definition) is 2. The van der Waals surface area contributed by atoms with Crippen LogP contribution in [0.4, 0.5) is 0 Å². The fourth-order valence-electron chi connectivity index (χ4n) is 2.97. The first-order valence-electron chi connectivity index (χ1n) is 8.10. The molecule has 0 aliphatic carbocycles. The van der Waals surface area contributed by atoms with E-state index in [4.69, 9.17) is 0 Å². The van der Waals surface area contributed by atoms with Gasteiger partial charge < -0.3 is 4.90 Å². The summed E-state index contributed by atoms with van der Waals surface area (Å²) >= 11 is 0. The second-order valence-corrected chi connectivity index (χ2v) is 6.56. The van der Waals surface area contributed by atoms with Crippen LogP contribution in [0.2, 0.25) is 0 Å². The average Bonchev–Trinajstić information content (AvgIpc) is 2.45. The molecule has 116 valence electrons. The molecule has 0 aromatic heterocycles. The maximum absolute atomic E-state index is 12.3. The van der Waals surface area contributed by atoms with Gasteiger partial charge >= 0.3 is 0 Å². The van der Waals surface area contributed by atoms with Crippen LogP contribution >= 0.6 is 0 Å². The summed E-state index contributed by atoms with van der Waals surface area (Å²) in [4.78, 5) is 16.8. The van der Waals surface area contributed by atoms with Crippen molar-refractivity contribution in [2.24, 2.45) is 5.92 Å².